The predicted molar refractivity (Wildman–Crippen MR) is 112 cm³/mol. The molecule has 1 aromatic rings. The first-order chi connectivity index (χ1) is 14.5. The number of imide groups is 1. The summed E-state index contributed by atoms with van der Waals surface area (Å²) in [6.07, 6.45) is 1.10. The first-order valence-electron chi connectivity index (χ1n) is 10.4. The average Bonchev–Trinajstić information content (AvgIpc) is 2.69. The summed E-state index contributed by atoms with van der Waals surface area (Å²) in [5.74, 6) is -0.722. The summed E-state index contributed by atoms with van der Waals surface area (Å²) in [6.45, 7) is 2.05. The standard InChI is InChI=1S/C21H30F3NO5S/c1-2-3-4-5-6-8-15-31(28,29)16-9-7-14-30-20(27)25-19(26)17-10-12-18(13-11-17)21(22,23)24/h10-13H,2-9,14-16H2,1H3,(H,25,26,27). The predicted octanol–water partition coefficient (Wildman–Crippen LogP) is 5.13. The Bertz CT molecular complexity index is 792. The molecule has 1 aromatic carbocycles. The van der Waals surface area contributed by atoms with Gasteiger partial charge < -0.3 is 4.74 Å². The maximum Gasteiger partial charge on any atom is 0.416 e. The van der Waals surface area contributed by atoms with Gasteiger partial charge in [-0.3, -0.25) is 10.1 Å². The van der Waals surface area contributed by atoms with E-state index in [1.807, 2.05) is 5.32 Å². The Labute approximate surface area is 181 Å². The molecule has 176 valence electrons. The Balaban J connectivity index is 2.22. The van der Waals surface area contributed by atoms with Gasteiger partial charge in [-0.15, -0.1) is 0 Å². The fraction of sp³-hybridized carbons (Fsp3) is 0.619. The molecule has 0 spiro atoms. The van der Waals surface area contributed by atoms with Gasteiger partial charge in [0, 0.05) is 5.56 Å². The smallest absolute Gasteiger partial charge is 0.416 e. The summed E-state index contributed by atoms with van der Waals surface area (Å²) in [6, 6.07) is 3.40. The number of ether oxygens (including phenoxy) is 1. The van der Waals surface area contributed by atoms with Crippen molar-refractivity contribution in [3.8, 4) is 0 Å². The molecule has 2 amide bonds. The topological polar surface area (TPSA) is 89.5 Å². The third kappa shape index (κ3) is 11.8. The second-order valence-electron chi connectivity index (χ2n) is 7.29. The number of amides is 2. The van der Waals surface area contributed by atoms with Crippen LogP contribution in [-0.2, 0) is 20.8 Å². The zero-order chi connectivity index (χ0) is 23.3. The van der Waals surface area contributed by atoms with Gasteiger partial charge in [0.25, 0.3) is 5.91 Å². The molecule has 0 saturated carbocycles. The molecule has 0 saturated heterocycles. The minimum Gasteiger partial charge on any atom is -0.449 e. The van der Waals surface area contributed by atoms with Gasteiger partial charge in [-0.2, -0.15) is 13.2 Å². The van der Waals surface area contributed by atoms with E-state index < -0.39 is 33.6 Å². The number of hydrogen-bond donors (Lipinski definition) is 1. The third-order valence-electron chi connectivity index (χ3n) is 4.58. The summed E-state index contributed by atoms with van der Waals surface area (Å²) in [5.41, 5.74) is -1.02. The molecule has 1 N–H and O–H groups in total. The number of benzene rings is 1. The molecule has 1 rings (SSSR count). The molecule has 10 heteroatoms. The Hall–Kier alpha value is -2.10. The highest BCUT2D eigenvalue weighted by Crippen LogP contribution is 2.29. The van der Waals surface area contributed by atoms with Crippen molar-refractivity contribution in [2.45, 2.75) is 64.5 Å². The minimum absolute atomic E-state index is 0.0113. The monoisotopic (exact) mass is 465 g/mol. The van der Waals surface area contributed by atoms with E-state index in [1.165, 1.54) is 0 Å². The second-order valence-corrected chi connectivity index (χ2v) is 9.60. The zero-order valence-corrected chi connectivity index (χ0v) is 18.5. The second kappa shape index (κ2) is 13.3. The van der Waals surface area contributed by atoms with Crippen LogP contribution < -0.4 is 5.32 Å². The van der Waals surface area contributed by atoms with Crippen molar-refractivity contribution in [3.05, 3.63) is 35.4 Å². The Morgan fingerprint density at radius 1 is 0.903 bits per heavy atom. The number of hydrogen-bond acceptors (Lipinski definition) is 5. The van der Waals surface area contributed by atoms with Crippen LogP contribution in [0, 0.1) is 0 Å². The first-order valence-corrected chi connectivity index (χ1v) is 12.2. The third-order valence-corrected chi connectivity index (χ3v) is 6.40. The van der Waals surface area contributed by atoms with Crippen molar-refractivity contribution in [1.29, 1.82) is 0 Å². The van der Waals surface area contributed by atoms with Gasteiger partial charge in [-0.25, -0.2) is 13.2 Å². The van der Waals surface area contributed by atoms with Crippen molar-refractivity contribution in [2.24, 2.45) is 0 Å². The van der Waals surface area contributed by atoms with E-state index in [4.69, 9.17) is 4.74 Å². The molecule has 0 radical (unpaired) electrons. The van der Waals surface area contributed by atoms with Gasteiger partial charge in [0.2, 0.25) is 0 Å². The summed E-state index contributed by atoms with van der Waals surface area (Å²) in [7, 11) is -3.13. The van der Waals surface area contributed by atoms with Crippen LogP contribution in [0.4, 0.5) is 18.0 Å². The van der Waals surface area contributed by atoms with Crippen molar-refractivity contribution in [1.82, 2.24) is 5.32 Å². The summed E-state index contributed by atoms with van der Waals surface area (Å²) in [5, 5.41) is 1.91. The van der Waals surface area contributed by atoms with E-state index in [2.05, 4.69) is 6.92 Å². The molecule has 0 aliphatic heterocycles. The van der Waals surface area contributed by atoms with Gasteiger partial charge in [0.15, 0.2) is 0 Å². The van der Waals surface area contributed by atoms with Crippen molar-refractivity contribution < 1.29 is 35.9 Å². The van der Waals surface area contributed by atoms with Crippen LogP contribution >= 0.6 is 0 Å². The lowest BCUT2D eigenvalue weighted by Crippen LogP contribution is -2.31. The molecule has 6 nitrogen and oxygen atoms in total. The van der Waals surface area contributed by atoms with Crippen LogP contribution in [-0.4, -0.2) is 38.5 Å². The lowest BCUT2D eigenvalue weighted by molar-refractivity contribution is -0.137. The van der Waals surface area contributed by atoms with Gasteiger partial charge in [0.1, 0.15) is 9.84 Å². The van der Waals surface area contributed by atoms with E-state index in [0.29, 0.717) is 19.3 Å². The molecule has 0 atom stereocenters. The van der Waals surface area contributed by atoms with Crippen LogP contribution in [0.25, 0.3) is 0 Å². The number of carbonyl (C=O) groups is 2. The molecule has 0 heterocycles. The number of carbonyl (C=O) groups excluding carboxylic acids is 2. The fourth-order valence-corrected chi connectivity index (χ4v) is 4.30. The Morgan fingerprint density at radius 2 is 1.45 bits per heavy atom. The molecule has 0 aliphatic carbocycles. The van der Waals surface area contributed by atoms with Crippen LogP contribution in [0.5, 0.6) is 0 Å². The number of alkyl halides is 3. The van der Waals surface area contributed by atoms with E-state index >= 15 is 0 Å². The van der Waals surface area contributed by atoms with E-state index in [1.54, 1.807) is 0 Å². The summed E-state index contributed by atoms with van der Waals surface area (Å²) >= 11 is 0. The number of halogens is 3. The highest BCUT2D eigenvalue weighted by Gasteiger charge is 2.30. The van der Waals surface area contributed by atoms with Crippen LogP contribution in [0.15, 0.2) is 24.3 Å². The van der Waals surface area contributed by atoms with Crippen LogP contribution in [0.3, 0.4) is 0 Å². The van der Waals surface area contributed by atoms with Crippen LogP contribution in [0.1, 0.15) is 74.2 Å². The molecular formula is C21H30F3NO5S. The summed E-state index contributed by atoms with van der Waals surface area (Å²) in [4.78, 5) is 23.5. The largest absolute Gasteiger partial charge is 0.449 e. The normalized spacial score (nSPS) is 11.9. The average molecular weight is 466 g/mol. The van der Waals surface area contributed by atoms with Crippen molar-refractivity contribution in [2.75, 3.05) is 18.1 Å². The van der Waals surface area contributed by atoms with Gasteiger partial charge in [-0.1, -0.05) is 39.0 Å². The number of unbranched alkanes of at least 4 members (excludes halogenated alkanes) is 6. The number of nitrogens with one attached hydrogen (secondary N) is 1. The first kappa shape index (κ1) is 26.9. The fourth-order valence-electron chi connectivity index (χ4n) is 2.80. The van der Waals surface area contributed by atoms with Gasteiger partial charge >= 0.3 is 12.3 Å². The SMILES string of the molecule is CCCCCCCCS(=O)(=O)CCCCOC(=O)NC(=O)c1ccc(C(F)(F)F)cc1. The lowest BCUT2D eigenvalue weighted by atomic mass is 10.1. The number of alkyl carbamates (subject to hydrolysis) is 1. The summed E-state index contributed by atoms with van der Waals surface area (Å²) < 4.78 is 66.3. The lowest BCUT2D eigenvalue weighted by Gasteiger charge is -2.08. The van der Waals surface area contributed by atoms with Gasteiger partial charge in [-0.05, 0) is 43.5 Å². The quantitative estimate of drug-likeness (QED) is 0.408. The maximum atomic E-state index is 12.5. The molecule has 0 aromatic heterocycles. The highest BCUT2D eigenvalue weighted by atomic mass is 32.2. The van der Waals surface area contributed by atoms with E-state index in [9.17, 15) is 31.2 Å². The van der Waals surface area contributed by atoms with Crippen molar-refractivity contribution >= 4 is 21.8 Å². The Morgan fingerprint density at radius 3 is 2.03 bits per heavy atom. The molecule has 0 bridgehead atoms. The Kier molecular flexibility index (Phi) is 11.6. The number of rotatable bonds is 13. The minimum atomic E-state index is -4.52. The van der Waals surface area contributed by atoms with Crippen molar-refractivity contribution in [3.63, 3.8) is 0 Å². The van der Waals surface area contributed by atoms with Crippen LogP contribution in [0.2, 0.25) is 0 Å². The highest BCUT2D eigenvalue weighted by molar-refractivity contribution is 7.91. The molecule has 0 aliphatic rings. The van der Waals surface area contributed by atoms with E-state index in [0.717, 1.165) is 56.4 Å². The maximum absolute atomic E-state index is 12.5. The molecule has 31 heavy (non-hydrogen) atoms. The molecule has 0 unspecified atom stereocenters. The molecule has 0 fully saturated rings. The number of sulfone groups is 1. The molecular weight excluding hydrogens is 435 g/mol. The zero-order valence-electron chi connectivity index (χ0n) is 17.7. The van der Waals surface area contributed by atoms with E-state index in [-0.39, 0.29) is 23.7 Å². The van der Waals surface area contributed by atoms with Gasteiger partial charge in [0.05, 0.1) is 23.7 Å².